The van der Waals surface area contributed by atoms with Crippen LogP contribution in [0.4, 0.5) is 0 Å². The number of halogens is 1. The second kappa shape index (κ2) is 8.44. The van der Waals surface area contributed by atoms with Gasteiger partial charge in [0.25, 0.3) is 0 Å². The van der Waals surface area contributed by atoms with Crippen LogP contribution in [0.2, 0.25) is 0 Å². The summed E-state index contributed by atoms with van der Waals surface area (Å²) in [5, 5.41) is 11.4. The second-order valence-corrected chi connectivity index (χ2v) is 5.88. The van der Waals surface area contributed by atoms with Crippen LogP contribution in [0.1, 0.15) is 18.4 Å². The number of alkyl halides is 1. The normalized spacial score (nSPS) is 11.7. The molecule has 3 heterocycles. The van der Waals surface area contributed by atoms with Crippen LogP contribution in [0.5, 0.6) is 0 Å². The molecule has 26 heavy (non-hydrogen) atoms. The SMILES string of the molecule is C=CC(=O)NCC=C(CCCCl)c1ccnc2[nH]cc(-c3nnco3)c12. The molecule has 8 heteroatoms. The van der Waals surface area contributed by atoms with Crippen molar-refractivity contribution < 1.29 is 9.21 Å². The summed E-state index contributed by atoms with van der Waals surface area (Å²) in [5.41, 5.74) is 3.56. The molecule has 0 aromatic carbocycles. The lowest BCUT2D eigenvalue weighted by Gasteiger charge is -2.10. The Morgan fingerprint density at radius 2 is 2.35 bits per heavy atom. The average Bonchev–Trinajstić information content (AvgIpc) is 3.33. The van der Waals surface area contributed by atoms with E-state index in [-0.39, 0.29) is 5.91 Å². The summed E-state index contributed by atoms with van der Waals surface area (Å²) in [6.07, 6.45) is 9.63. The molecule has 3 aromatic rings. The number of pyridine rings is 1. The van der Waals surface area contributed by atoms with E-state index in [9.17, 15) is 4.79 Å². The van der Waals surface area contributed by atoms with E-state index in [1.807, 2.05) is 12.1 Å². The first kappa shape index (κ1) is 17.9. The Morgan fingerprint density at radius 3 is 3.08 bits per heavy atom. The molecule has 0 fully saturated rings. The van der Waals surface area contributed by atoms with E-state index >= 15 is 0 Å². The van der Waals surface area contributed by atoms with Gasteiger partial charge in [0.05, 0.1) is 5.56 Å². The van der Waals surface area contributed by atoms with Gasteiger partial charge in [-0.25, -0.2) is 4.98 Å². The van der Waals surface area contributed by atoms with Gasteiger partial charge in [0, 0.05) is 30.2 Å². The van der Waals surface area contributed by atoms with Crippen LogP contribution in [0.15, 0.2) is 48.0 Å². The molecule has 0 unspecified atom stereocenters. The number of aromatic amines is 1. The maximum Gasteiger partial charge on any atom is 0.249 e. The molecule has 0 aliphatic rings. The van der Waals surface area contributed by atoms with Crippen molar-refractivity contribution in [3.8, 4) is 11.5 Å². The Hall–Kier alpha value is -2.93. The molecule has 0 saturated carbocycles. The van der Waals surface area contributed by atoms with Crippen LogP contribution in [0.25, 0.3) is 28.1 Å². The van der Waals surface area contributed by atoms with Crippen molar-refractivity contribution in [2.45, 2.75) is 12.8 Å². The molecule has 2 N–H and O–H groups in total. The number of nitrogens with one attached hydrogen (secondary N) is 2. The Morgan fingerprint density at radius 1 is 1.46 bits per heavy atom. The molecule has 0 aliphatic heterocycles. The van der Waals surface area contributed by atoms with E-state index in [1.165, 1.54) is 12.5 Å². The van der Waals surface area contributed by atoms with E-state index in [4.69, 9.17) is 16.0 Å². The molecule has 3 rings (SSSR count). The van der Waals surface area contributed by atoms with E-state index in [0.717, 1.165) is 40.6 Å². The predicted molar refractivity (Wildman–Crippen MR) is 101 cm³/mol. The fourth-order valence-electron chi connectivity index (χ4n) is 2.73. The summed E-state index contributed by atoms with van der Waals surface area (Å²) < 4.78 is 5.35. The summed E-state index contributed by atoms with van der Waals surface area (Å²) in [7, 11) is 0. The largest absolute Gasteiger partial charge is 0.423 e. The molecule has 7 nitrogen and oxygen atoms in total. The molecule has 3 aromatic heterocycles. The maximum atomic E-state index is 11.4. The summed E-state index contributed by atoms with van der Waals surface area (Å²) in [5.74, 6) is 0.752. The van der Waals surface area contributed by atoms with Gasteiger partial charge in [-0.2, -0.15) is 0 Å². The van der Waals surface area contributed by atoms with Crippen molar-refractivity contribution in [2.24, 2.45) is 0 Å². The van der Waals surface area contributed by atoms with E-state index in [1.54, 1.807) is 12.4 Å². The Balaban J connectivity index is 2.04. The quantitative estimate of drug-likeness (QED) is 0.467. The van der Waals surface area contributed by atoms with E-state index in [2.05, 4.69) is 32.1 Å². The lowest BCUT2D eigenvalue weighted by atomic mass is 9.97. The van der Waals surface area contributed by atoms with Gasteiger partial charge in [0.1, 0.15) is 5.65 Å². The van der Waals surface area contributed by atoms with E-state index in [0.29, 0.717) is 18.3 Å². The van der Waals surface area contributed by atoms with Crippen molar-refractivity contribution >= 4 is 34.1 Å². The van der Waals surface area contributed by atoms with Crippen molar-refractivity contribution in [1.29, 1.82) is 0 Å². The van der Waals surface area contributed by atoms with Gasteiger partial charge in [-0.3, -0.25) is 4.79 Å². The monoisotopic (exact) mass is 371 g/mol. The van der Waals surface area contributed by atoms with Crippen LogP contribution in [-0.2, 0) is 4.79 Å². The lowest BCUT2D eigenvalue weighted by Crippen LogP contribution is -2.20. The van der Waals surface area contributed by atoms with Crippen LogP contribution in [0, 0.1) is 0 Å². The molecule has 0 bridgehead atoms. The highest BCUT2D eigenvalue weighted by Crippen LogP contribution is 2.33. The first-order chi connectivity index (χ1) is 12.7. The van der Waals surface area contributed by atoms with Gasteiger partial charge in [-0.15, -0.1) is 21.8 Å². The number of rotatable bonds is 8. The number of H-pyrrole nitrogens is 1. The number of allylic oxidation sites excluding steroid dienone is 1. The van der Waals surface area contributed by atoms with Crippen LogP contribution < -0.4 is 5.32 Å². The van der Waals surface area contributed by atoms with Crippen molar-refractivity contribution in [3.05, 3.63) is 49.1 Å². The number of hydrogen-bond donors (Lipinski definition) is 2. The summed E-state index contributed by atoms with van der Waals surface area (Å²) in [6, 6.07) is 1.94. The number of hydrogen-bond acceptors (Lipinski definition) is 5. The number of aromatic nitrogens is 4. The first-order valence-electron chi connectivity index (χ1n) is 8.13. The molecule has 0 spiro atoms. The Labute approximate surface area is 155 Å². The number of nitrogens with zero attached hydrogens (tertiary/aromatic N) is 3. The average molecular weight is 372 g/mol. The van der Waals surface area contributed by atoms with Crippen molar-refractivity contribution in [2.75, 3.05) is 12.4 Å². The van der Waals surface area contributed by atoms with Crippen LogP contribution in [-0.4, -0.2) is 38.5 Å². The molecule has 0 atom stereocenters. The van der Waals surface area contributed by atoms with Crippen molar-refractivity contribution in [1.82, 2.24) is 25.5 Å². The first-order valence-corrected chi connectivity index (χ1v) is 8.66. The fourth-order valence-corrected chi connectivity index (χ4v) is 2.87. The van der Waals surface area contributed by atoms with Gasteiger partial charge in [0.15, 0.2) is 0 Å². The fraction of sp³-hybridized carbons (Fsp3) is 0.222. The zero-order valence-corrected chi connectivity index (χ0v) is 14.8. The zero-order valence-electron chi connectivity index (χ0n) is 14.0. The molecule has 1 amide bonds. The molecule has 134 valence electrons. The van der Waals surface area contributed by atoms with Gasteiger partial charge in [-0.1, -0.05) is 12.7 Å². The summed E-state index contributed by atoms with van der Waals surface area (Å²) >= 11 is 5.89. The lowest BCUT2D eigenvalue weighted by molar-refractivity contribution is -0.116. The molecule has 0 saturated heterocycles. The third-order valence-electron chi connectivity index (χ3n) is 3.90. The van der Waals surface area contributed by atoms with Crippen LogP contribution in [0.3, 0.4) is 0 Å². The Kier molecular flexibility index (Phi) is 5.80. The molecular formula is C18H18ClN5O2. The number of carbonyl (C=O) groups excluding carboxylic acids is 1. The number of carbonyl (C=O) groups is 1. The van der Waals surface area contributed by atoms with Gasteiger partial charge in [0.2, 0.25) is 18.2 Å². The van der Waals surface area contributed by atoms with Gasteiger partial charge in [-0.05, 0) is 36.1 Å². The predicted octanol–water partition coefficient (Wildman–Crippen LogP) is 3.32. The minimum atomic E-state index is -0.217. The molecule has 0 aliphatic carbocycles. The van der Waals surface area contributed by atoms with Gasteiger partial charge < -0.3 is 14.7 Å². The minimum Gasteiger partial charge on any atom is -0.423 e. The third-order valence-corrected chi connectivity index (χ3v) is 4.17. The molecular weight excluding hydrogens is 354 g/mol. The molecule has 0 radical (unpaired) electrons. The number of fused-ring (bicyclic) bond motifs is 1. The standard InChI is InChI=1S/C18H18ClN5O2/c1-2-15(25)20-8-5-12(4-3-7-19)13-6-9-21-17-16(13)14(10-22-17)18-24-23-11-26-18/h2,5-6,9-11H,1,3-4,7-8H2,(H,20,25)(H,21,22). The highest BCUT2D eigenvalue weighted by atomic mass is 35.5. The van der Waals surface area contributed by atoms with Gasteiger partial charge >= 0.3 is 0 Å². The maximum absolute atomic E-state index is 11.4. The summed E-state index contributed by atoms with van der Waals surface area (Å²) in [6.45, 7) is 3.85. The van der Waals surface area contributed by atoms with Crippen molar-refractivity contribution in [3.63, 3.8) is 0 Å². The summed E-state index contributed by atoms with van der Waals surface area (Å²) in [4.78, 5) is 18.9. The smallest absolute Gasteiger partial charge is 0.249 e. The Bertz CT molecular complexity index is 930. The topological polar surface area (TPSA) is 96.7 Å². The second-order valence-electron chi connectivity index (χ2n) is 5.50. The van der Waals surface area contributed by atoms with E-state index < -0.39 is 0 Å². The van der Waals surface area contributed by atoms with Crippen LogP contribution >= 0.6 is 11.6 Å². The zero-order chi connectivity index (χ0) is 18.4. The third kappa shape index (κ3) is 3.83. The number of amides is 1. The minimum absolute atomic E-state index is 0.217. The highest BCUT2D eigenvalue weighted by molar-refractivity contribution is 6.17. The highest BCUT2D eigenvalue weighted by Gasteiger charge is 2.17.